The van der Waals surface area contributed by atoms with E-state index in [4.69, 9.17) is 0 Å². The number of para-hydroxylation sites is 6. The highest BCUT2D eigenvalue weighted by Gasteiger charge is 2.44. The highest BCUT2D eigenvalue weighted by molar-refractivity contribution is 6.23. The summed E-state index contributed by atoms with van der Waals surface area (Å²) in [5.74, 6) is 0.221. The lowest BCUT2D eigenvalue weighted by Crippen LogP contribution is -2.26. The van der Waals surface area contributed by atoms with Crippen molar-refractivity contribution in [2.75, 3.05) is 4.90 Å². The number of hydrogen-bond donors (Lipinski definition) is 0. The van der Waals surface area contributed by atoms with Crippen LogP contribution in [0.4, 0.5) is 11.4 Å². The number of benzene rings is 9. The molecule has 2 aliphatic rings. The Bertz CT molecular complexity index is 3830. The standard InChI is InChI=1S/C60H40N4/c1-3-15-41(16-4-1)61-53-23-11-7-19-45(53)49-35-37-51-47-21-9-13-25-55(47)63(59(51)57(49)61)43-31-27-39(28-32-43)40-29-33-44(34-30-40)64-56-26-14-10-22-48(56)52-38-36-50-46-20-8-12-24-54(46)62(58(50)60(52)64)42-17-5-2-6-18-42/h1-38,51,59H. The summed E-state index contributed by atoms with van der Waals surface area (Å²) < 4.78 is 7.43. The lowest BCUT2D eigenvalue weighted by molar-refractivity contribution is 0.636. The molecule has 9 aromatic carbocycles. The van der Waals surface area contributed by atoms with E-state index in [1.54, 1.807) is 0 Å². The van der Waals surface area contributed by atoms with Crippen LogP contribution in [0.15, 0.2) is 224 Å². The molecular formula is C60H40N4. The lowest BCUT2D eigenvalue weighted by atomic mass is 9.86. The average Bonchev–Trinajstić information content (AvgIpc) is 4.10. The van der Waals surface area contributed by atoms with Crippen molar-refractivity contribution in [2.45, 2.75) is 12.0 Å². The zero-order valence-electron chi connectivity index (χ0n) is 34.9. The molecule has 300 valence electrons. The molecule has 4 heterocycles. The summed E-state index contributed by atoms with van der Waals surface area (Å²) in [5.41, 5.74) is 18.4. The summed E-state index contributed by atoms with van der Waals surface area (Å²) in [4.78, 5) is 2.59. The molecule has 0 N–H and O–H groups in total. The summed E-state index contributed by atoms with van der Waals surface area (Å²) in [6.07, 6.45) is 4.81. The maximum atomic E-state index is 2.59. The van der Waals surface area contributed by atoms with Crippen LogP contribution in [-0.4, -0.2) is 13.7 Å². The molecule has 0 radical (unpaired) electrons. The van der Waals surface area contributed by atoms with Gasteiger partial charge in [0.2, 0.25) is 0 Å². The van der Waals surface area contributed by atoms with Gasteiger partial charge in [-0.3, -0.25) is 0 Å². The fraction of sp³-hybridized carbons (Fsp3) is 0.0333. The van der Waals surface area contributed by atoms with Crippen molar-refractivity contribution in [1.29, 1.82) is 0 Å². The van der Waals surface area contributed by atoms with Gasteiger partial charge >= 0.3 is 0 Å². The largest absolute Gasteiger partial charge is 0.331 e. The molecule has 64 heavy (non-hydrogen) atoms. The van der Waals surface area contributed by atoms with Gasteiger partial charge in [-0.15, -0.1) is 0 Å². The maximum Gasteiger partial charge on any atom is 0.0856 e. The van der Waals surface area contributed by atoms with Gasteiger partial charge in [-0.05, 0) is 89.5 Å². The van der Waals surface area contributed by atoms with Crippen molar-refractivity contribution in [3.05, 3.63) is 241 Å². The Balaban J connectivity index is 0.891. The Morgan fingerprint density at radius 1 is 0.328 bits per heavy atom. The smallest absolute Gasteiger partial charge is 0.0856 e. The quantitative estimate of drug-likeness (QED) is 0.169. The van der Waals surface area contributed by atoms with Crippen molar-refractivity contribution in [2.24, 2.45) is 0 Å². The van der Waals surface area contributed by atoms with Crippen molar-refractivity contribution in [3.8, 4) is 28.2 Å². The molecule has 0 spiro atoms. The Labute approximate surface area is 370 Å². The highest BCUT2D eigenvalue weighted by atomic mass is 15.2. The number of hydrogen-bond acceptors (Lipinski definition) is 1. The molecular weight excluding hydrogens is 777 g/mol. The van der Waals surface area contributed by atoms with Crippen LogP contribution in [0.25, 0.3) is 88.8 Å². The molecule has 14 rings (SSSR count). The number of aromatic nitrogens is 3. The molecule has 1 aliphatic carbocycles. The van der Waals surface area contributed by atoms with Gasteiger partial charge in [0, 0.05) is 66.8 Å². The van der Waals surface area contributed by atoms with Crippen molar-refractivity contribution < 1.29 is 0 Å². The molecule has 12 aromatic rings. The number of fused-ring (bicyclic) bond motifs is 14. The van der Waals surface area contributed by atoms with Crippen LogP contribution >= 0.6 is 0 Å². The third-order valence-electron chi connectivity index (χ3n) is 14.0. The molecule has 0 amide bonds. The van der Waals surface area contributed by atoms with Crippen molar-refractivity contribution in [3.63, 3.8) is 0 Å². The van der Waals surface area contributed by atoms with Crippen LogP contribution in [-0.2, 0) is 0 Å². The summed E-state index contributed by atoms with van der Waals surface area (Å²) in [6.45, 7) is 0. The molecule has 4 nitrogen and oxygen atoms in total. The molecule has 0 saturated carbocycles. The first-order chi connectivity index (χ1) is 31.8. The van der Waals surface area contributed by atoms with E-state index in [0.29, 0.717) is 0 Å². The van der Waals surface area contributed by atoms with E-state index in [2.05, 4.69) is 249 Å². The highest BCUT2D eigenvalue weighted by Crippen LogP contribution is 2.57. The summed E-state index contributed by atoms with van der Waals surface area (Å²) in [7, 11) is 0. The predicted octanol–water partition coefficient (Wildman–Crippen LogP) is 15.5. The fourth-order valence-corrected chi connectivity index (χ4v) is 11.3. The van der Waals surface area contributed by atoms with Gasteiger partial charge in [0.25, 0.3) is 0 Å². The fourth-order valence-electron chi connectivity index (χ4n) is 11.3. The van der Waals surface area contributed by atoms with E-state index in [1.165, 1.54) is 99.5 Å². The third kappa shape index (κ3) is 4.93. The van der Waals surface area contributed by atoms with E-state index in [-0.39, 0.29) is 12.0 Å². The Hall–Kier alpha value is -8.34. The first kappa shape index (κ1) is 35.3. The van der Waals surface area contributed by atoms with Gasteiger partial charge in [-0.25, -0.2) is 0 Å². The predicted molar refractivity (Wildman–Crippen MR) is 267 cm³/mol. The zero-order chi connectivity index (χ0) is 41.9. The van der Waals surface area contributed by atoms with Gasteiger partial charge in [-0.1, -0.05) is 158 Å². The van der Waals surface area contributed by atoms with Crippen LogP contribution in [0.5, 0.6) is 0 Å². The van der Waals surface area contributed by atoms with E-state index in [9.17, 15) is 0 Å². The number of anilines is 2. The van der Waals surface area contributed by atoms with Crippen LogP contribution in [0.2, 0.25) is 0 Å². The summed E-state index contributed by atoms with van der Waals surface area (Å²) >= 11 is 0. The summed E-state index contributed by atoms with van der Waals surface area (Å²) in [6, 6.07) is 80.3. The second-order valence-electron chi connectivity index (χ2n) is 17.2. The SMILES string of the molecule is C1=CC2c3ccccc3N(c3ccc(-c4ccc(-n5c6ccccc6c6ccc7c8ccccc8n(-c8ccccc8)c7c65)cc4)cc3)C2c2c1c1ccccc1n2-c1ccccc1. The minimum absolute atomic E-state index is 0.0911. The monoisotopic (exact) mass is 816 g/mol. The number of nitrogens with zero attached hydrogens (tertiary/aromatic N) is 4. The topological polar surface area (TPSA) is 18.0 Å². The molecule has 0 saturated heterocycles. The average molecular weight is 817 g/mol. The van der Waals surface area contributed by atoms with E-state index in [1.807, 2.05) is 0 Å². The van der Waals surface area contributed by atoms with Gasteiger partial charge in [0.15, 0.2) is 0 Å². The molecule has 2 atom stereocenters. The normalized spacial score (nSPS) is 15.4. The maximum absolute atomic E-state index is 2.59. The van der Waals surface area contributed by atoms with Crippen molar-refractivity contribution >= 4 is 72.0 Å². The molecule has 1 aliphatic heterocycles. The first-order valence-electron chi connectivity index (χ1n) is 22.3. The molecule has 2 unspecified atom stereocenters. The van der Waals surface area contributed by atoms with Gasteiger partial charge < -0.3 is 18.6 Å². The Kier molecular flexibility index (Phi) is 7.48. The minimum atomic E-state index is 0.0911. The number of rotatable bonds is 5. The van der Waals surface area contributed by atoms with Crippen LogP contribution in [0, 0.1) is 0 Å². The van der Waals surface area contributed by atoms with E-state index in [0.717, 1.165) is 11.4 Å². The second-order valence-corrected chi connectivity index (χ2v) is 17.2. The van der Waals surface area contributed by atoms with Gasteiger partial charge in [0.05, 0.1) is 39.3 Å². The van der Waals surface area contributed by atoms with Crippen molar-refractivity contribution in [1.82, 2.24) is 13.7 Å². The van der Waals surface area contributed by atoms with Crippen LogP contribution in [0.3, 0.4) is 0 Å². The molecule has 0 bridgehead atoms. The van der Waals surface area contributed by atoms with Gasteiger partial charge in [-0.2, -0.15) is 0 Å². The summed E-state index contributed by atoms with van der Waals surface area (Å²) in [5, 5.41) is 6.29. The molecule has 0 fully saturated rings. The van der Waals surface area contributed by atoms with Gasteiger partial charge in [0.1, 0.15) is 0 Å². The molecule has 3 aromatic heterocycles. The lowest BCUT2D eigenvalue weighted by Gasteiger charge is -2.33. The Morgan fingerprint density at radius 3 is 1.38 bits per heavy atom. The Morgan fingerprint density at radius 2 is 0.781 bits per heavy atom. The van der Waals surface area contributed by atoms with Crippen LogP contribution in [0.1, 0.15) is 28.8 Å². The van der Waals surface area contributed by atoms with E-state index < -0.39 is 0 Å². The minimum Gasteiger partial charge on any atom is -0.331 e. The van der Waals surface area contributed by atoms with Crippen LogP contribution < -0.4 is 4.90 Å². The van der Waals surface area contributed by atoms with E-state index >= 15 is 0 Å². The molecule has 4 heteroatoms. The zero-order valence-corrected chi connectivity index (χ0v) is 34.9. The first-order valence-corrected chi connectivity index (χ1v) is 22.3. The third-order valence-corrected chi connectivity index (χ3v) is 14.0. The second kappa shape index (κ2) is 13.6.